The molecule has 0 aromatic carbocycles. The summed E-state index contributed by atoms with van der Waals surface area (Å²) in [6.45, 7) is 4.51. The van der Waals surface area contributed by atoms with Crippen molar-refractivity contribution in [1.29, 1.82) is 0 Å². The van der Waals surface area contributed by atoms with E-state index in [0.29, 0.717) is 19.5 Å². The van der Waals surface area contributed by atoms with Gasteiger partial charge in [0.05, 0.1) is 6.10 Å². The molecule has 3 N–H and O–H groups in total. The third-order valence-corrected chi connectivity index (χ3v) is 10.3. The molecule has 0 amide bonds. The van der Waals surface area contributed by atoms with Crippen LogP contribution in [-0.2, 0) is 16.1 Å². The minimum atomic E-state index is -0.596. The predicted octanol–water partition coefficient (Wildman–Crippen LogP) is 3.62. The fourth-order valence-electron chi connectivity index (χ4n) is 8.35. The Morgan fingerprint density at radius 3 is 2.82 bits per heavy atom. The van der Waals surface area contributed by atoms with Crippen LogP contribution in [0.5, 0.6) is 0 Å². The predicted molar refractivity (Wildman–Crippen MR) is 129 cm³/mol. The second-order valence-corrected chi connectivity index (χ2v) is 12.2. The Morgan fingerprint density at radius 1 is 1.32 bits per heavy atom. The van der Waals surface area contributed by atoms with E-state index in [1.165, 1.54) is 5.06 Å². The van der Waals surface area contributed by atoms with E-state index in [0.717, 1.165) is 30.4 Å². The standard InChI is InChI=1S/C27H35NO5S/c1-26-7-5-19(30)10-18(26)3-4-20-21-9-17(13-28(33)12-16-6-8-34-15-16)24(23(32)14-29)27(21,2)11-22(31)25(20)26/h5-8,10,15,17,20-22,24-25,29,31,33H,3-4,9,11-14H2,1-2H3/t17-,20-,21?,22-,24+,25?,26-,27-/m0/s1. The maximum atomic E-state index is 13.1. The minimum Gasteiger partial charge on any atom is -0.393 e. The molecule has 6 nitrogen and oxygen atoms in total. The van der Waals surface area contributed by atoms with Crippen molar-refractivity contribution in [3.8, 4) is 0 Å². The van der Waals surface area contributed by atoms with Crippen molar-refractivity contribution >= 4 is 22.9 Å². The zero-order chi connectivity index (χ0) is 24.3. The van der Waals surface area contributed by atoms with Gasteiger partial charge in [-0.05, 0) is 83.4 Å². The van der Waals surface area contributed by atoms with Crippen LogP contribution < -0.4 is 0 Å². The zero-order valence-electron chi connectivity index (χ0n) is 19.9. The lowest BCUT2D eigenvalue weighted by molar-refractivity contribution is -0.146. The molecule has 0 radical (unpaired) electrons. The summed E-state index contributed by atoms with van der Waals surface area (Å²) in [6.07, 6.45) is 7.77. The molecule has 1 heterocycles. The highest BCUT2D eigenvalue weighted by molar-refractivity contribution is 7.07. The Morgan fingerprint density at radius 2 is 2.12 bits per heavy atom. The summed E-state index contributed by atoms with van der Waals surface area (Å²) in [5, 5.41) is 37.4. The number of hydroxylamine groups is 2. The van der Waals surface area contributed by atoms with Gasteiger partial charge in [0.15, 0.2) is 11.6 Å². The second-order valence-electron chi connectivity index (χ2n) is 11.4. The Bertz CT molecular complexity index is 1020. The number of allylic oxidation sites excluding steroid dienone is 4. The third-order valence-electron chi connectivity index (χ3n) is 9.56. The van der Waals surface area contributed by atoms with Crippen molar-refractivity contribution in [2.75, 3.05) is 13.2 Å². The van der Waals surface area contributed by atoms with E-state index in [4.69, 9.17) is 0 Å². The zero-order valence-corrected chi connectivity index (χ0v) is 20.7. The van der Waals surface area contributed by atoms with Gasteiger partial charge in [-0.3, -0.25) is 9.59 Å². The number of ketones is 2. The van der Waals surface area contributed by atoms with Gasteiger partial charge in [-0.1, -0.05) is 25.5 Å². The van der Waals surface area contributed by atoms with Crippen LogP contribution in [0.1, 0.15) is 45.1 Å². The molecule has 0 bridgehead atoms. The number of hydrogen-bond donors (Lipinski definition) is 3. The Balaban J connectivity index is 1.45. The van der Waals surface area contributed by atoms with E-state index in [-0.39, 0.29) is 40.7 Å². The van der Waals surface area contributed by atoms with Gasteiger partial charge in [-0.2, -0.15) is 16.4 Å². The van der Waals surface area contributed by atoms with Gasteiger partial charge in [-0.25, -0.2) is 0 Å². The largest absolute Gasteiger partial charge is 0.393 e. The van der Waals surface area contributed by atoms with E-state index >= 15 is 0 Å². The van der Waals surface area contributed by atoms with Crippen molar-refractivity contribution in [3.63, 3.8) is 0 Å². The van der Waals surface area contributed by atoms with Crippen LogP contribution in [0.25, 0.3) is 0 Å². The summed E-state index contributed by atoms with van der Waals surface area (Å²) in [7, 11) is 0. The maximum Gasteiger partial charge on any atom is 0.178 e. The molecule has 5 rings (SSSR count). The lowest BCUT2D eigenvalue weighted by Gasteiger charge is -2.58. The topological polar surface area (TPSA) is 98.1 Å². The van der Waals surface area contributed by atoms with Crippen LogP contribution in [0.2, 0.25) is 0 Å². The average Bonchev–Trinajstić information content (AvgIpc) is 3.38. The summed E-state index contributed by atoms with van der Waals surface area (Å²) < 4.78 is 0. The van der Waals surface area contributed by atoms with Crippen LogP contribution in [0.3, 0.4) is 0 Å². The molecule has 1 aromatic rings. The number of thiophene rings is 1. The SMILES string of the molecule is C[C@]12C=CC(=O)C=C1CC[C@@H]1C2[C@@H](O)C[C@@]2(C)C1C[C@@H](CN(O)Cc1ccsc1)[C@@H]2C(=O)CO. The molecule has 1 aromatic heterocycles. The van der Waals surface area contributed by atoms with E-state index < -0.39 is 24.0 Å². The van der Waals surface area contributed by atoms with Crippen molar-refractivity contribution in [2.45, 2.75) is 52.2 Å². The average molecular weight is 486 g/mol. The summed E-state index contributed by atoms with van der Waals surface area (Å²) in [5.41, 5.74) is 1.36. The van der Waals surface area contributed by atoms with Gasteiger partial charge in [0.1, 0.15) is 6.61 Å². The molecule has 4 aliphatic rings. The molecule has 8 atom stereocenters. The number of aliphatic hydroxyl groups excluding tert-OH is 2. The van der Waals surface area contributed by atoms with E-state index in [2.05, 4.69) is 13.8 Å². The molecular weight excluding hydrogens is 450 g/mol. The first kappa shape index (κ1) is 24.1. The fourth-order valence-corrected chi connectivity index (χ4v) is 9.00. The van der Waals surface area contributed by atoms with Crippen molar-refractivity contribution in [3.05, 3.63) is 46.2 Å². The van der Waals surface area contributed by atoms with Gasteiger partial charge < -0.3 is 15.4 Å². The van der Waals surface area contributed by atoms with Crippen LogP contribution in [0, 0.1) is 40.4 Å². The highest BCUT2D eigenvalue weighted by atomic mass is 32.1. The number of nitrogens with zero attached hydrogens (tertiary/aromatic N) is 1. The van der Waals surface area contributed by atoms with Crippen LogP contribution in [-0.4, -0.2) is 51.3 Å². The number of carbonyl (C=O) groups excluding carboxylic acids is 2. The molecule has 0 spiro atoms. The Hall–Kier alpha value is -1.64. The normalized spacial score (nSPS) is 41.1. The Labute approximate surface area is 204 Å². The number of carbonyl (C=O) groups is 2. The highest BCUT2D eigenvalue weighted by Crippen LogP contribution is 2.67. The summed E-state index contributed by atoms with van der Waals surface area (Å²) in [5.74, 6) is -0.225. The monoisotopic (exact) mass is 485 g/mol. The lowest BCUT2D eigenvalue weighted by Crippen LogP contribution is -2.56. The Kier molecular flexibility index (Phi) is 6.22. The number of hydrogen-bond acceptors (Lipinski definition) is 7. The minimum absolute atomic E-state index is 0.00501. The first-order valence-electron chi connectivity index (χ1n) is 12.4. The highest BCUT2D eigenvalue weighted by Gasteiger charge is 2.64. The second kappa shape index (κ2) is 8.79. The molecule has 2 unspecified atom stereocenters. The molecule has 4 aliphatic carbocycles. The molecule has 0 aliphatic heterocycles. The van der Waals surface area contributed by atoms with Gasteiger partial charge in [0.2, 0.25) is 0 Å². The molecule has 34 heavy (non-hydrogen) atoms. The molecule has 7 heteroatoms. The maximum absolute atomic E-state index is 13.1. The molecule has 184 valence electrons. The number of Topliss-reactive ketones (excluding diaryl/α,β-unsaturated/α-hetero) is 1. The lowest BCUT2D eigenvalue weighted by atomic mass is 9.46. The summed E-state index contributed by atoms with van der Waals surface area (Å²) in [6, 6.07) is 1.98. The van der Waals surface area contributed by atoms with Crippen molar-refractivity contribution in [2.24, 2.45) is 40.4 Å². The van der Waals surface area contributed by atoms with Crippen LogP contribution in [0.4, 0.5) is 0 Å². The molecule has 3 fully saturated rings. The van der Waals surface area contributed by atoms with Crippen molar-refractivity contribution in [1.82, 2.24) is 5.06 Å². The quantitative estimate of drug-likeness (QED) is 0.533. The fraction of sp³-hybridized carbons (Fsp3) is 0.630. The van der Waals surface area contributed by atoms with E-state index in [1.807, 2.05) is 22.9 Å². The van der Waals surface area contributed by atoms with Gasteiger partial charge in [0.25, 0.3) is 0 Å². The summed E-state index contributed by atoms with van der Waals surface area (Å²) in [4.78, 5) is 25.1. The molecule has 0 saturated heterocycles. The van der Waals surface area contributed by atoms with Gasteiger partial charge >= 0.3 is 0 Å². The first-order valence-corrected chi connectivity index (χ1v) is 13.3. The summed E-state index contributed by atoms with van der Waals surface area (Å²) >= 11 is 1.59. The first-order chi connectivity index (χ1) is 16.2. The van der Waals surface area contributed by atoms with Crippen LogP contribution in [0.15, 0.2) is 40.6 Å². The van der Waals surface area contributed by atoms with Gasteiger partial charge in [-0.15, -0.1) is 0 Å². The third kappa shape index (κ3) is 3.77. The smallest absolute Gasteiger partial charge is 0.178 e. The molecule has 3 saturated carbocycles. The molecular formula is C27H35NO5S. The number of fused-ring (bicyclic) bond motifs is 5. The van der Waals surface area contributed by atoms with Gasteiger partial charge in [0, 0.05) is 30.3 Å². The van der Waals surface area contributed by atoms with E-state index in [1.54, 1.807) is 23.5 Å². The number of aliphatic hydroxyl groups is 2. The van der Waals surface area contributed by atoms with Crippen molar-refractivity contribution < 1.29 is 25.0 Å². The van der Waals surface area contributed by atoms with E-state index in [9.17, 15) is 25.0 Å². The van der Waals surface area contributed by atoms with Crippen LogP contribution >= 0.6 is 11.3 Å². The number of rotatable bonds is 6.